The topological polar surface area (TPSA) is 89.9 Å². The van der Waals surface area contributed by atoms with Crippen LogP contribution in [0.25, 0.3) is 11.5 Å². The molecule has 1 amide bonds. The number of aromatic nitrogens is 5. The summed E-state index contributed by atoms with van der Waals surface area (Å²) in [5.74, 6) is 1.99. The van der Waals surface area contributed by atoms with E-state index >= 15 is 0 Å². The maximum Gasteiger partial charge on any atom is 0.259 e. The minimum atomic E-state index is -0.251. The van der Waals surface area contributed by atoms with Gasteiger partial charge in [0.1, 0.15) is 6.54 Å². The second kappa shape index (κ2) is 7.66. The SMILES string of the molecule is Cc1cnn(CC(=O)N2CCCC(CC3CC3)(c3noc(-c4cccnc4)n3)C2)c1. The molecule has 156 valence electrons. The molecular formula is C22H26N6O2. The summed E-state index contributed by atoms with van der Waals surface area (Å²) in [6, 6.07) is 3.78. The van der Waals surface area contributed by atoms with Crippen molar-refractivity contribution in [3.05, 3.63) is 48.3 Å². The third-order valence-electron chi connectivity index (χ3n) is 6.17. The van der Waals surface area contributed by atoms with Crippen molar-refractivity contribution in [3.8, 4) is 11.5 Å². The van der Waals surface area contributed by atoms with E-state index < -0.39 is 0 Å². The smallest absolute Gasteiger partial charge is 0.259 e. The third-order valence-corrected chi connectivity index (χ3v) is 6.17. The van der Waals surface area contributed by atoms with E-state index in [1.54, 1.807) is 23.3 Å². The third kappa shape index (κ3) is 3.86. The Hall–Kier alpha value is -3.03. The Morgan fingerprint density at radius 1 is 1.33 bits per heavy atom. The minimum absolute atomic E-state index is 0.0916. The van der Waals surface area contributed by atoms with Gasteiger partial charge in [-0.3, -0.25) is 14.5 Å². The van der Waals surface area contributed by atoms with Crippen LogP contribution in [0.3, 0.4) is 0 Å². The van der Waals surface area contributed by atoms with E-state index in [0.29, 0.717) is 18.4 Å². The van der Waals surface area contributed by atoms with Crippen molar-refractivity contribution in [2.45, 2.75) is 51.0 Å². The van der Waals surface area contributed by atoms with E-state index in [9.17, 15) is 4.79 Å². The second-order valence-electron chi connectivity index (χ2n) is 8.73. The van der Waals surface area contributed by atoms with Gasteiger partial charge in [-0.25, -0.2) is 0 Å². The van der Waals surface area contributed by atoms with Crippen LogP contribution in [0.15, 0.2) is 41.4 Å². The number of piperidine rings is 1. The first kappa shape index (κ1) is 19.0. The van der Waals surface area contributed by atoms with Crippen LogP contribution in [0.4, 0.5) is 0 Å². The average Bonchev–Trinajstić information content (AvgIpc) is 3.25. The summed E-state index contributed by atoms with van der Waals surface area (Å²) in [6.07, 6.45) is 12.5. The molecule has 0 bridgehead atoms. The molecule has 0 radical (unpaired) electrons. The van der Waals surface area contributed by atoms with E-state index in [2.05, 4.69) is 15.2 Å². The van der Waals surface area contributed by atoms with Crippen LogP contribution in [0.1, 0.15) is 43.5 Å². The summed E-state index contributed by atoms with van der Waals surface area (Å²) < 4.78 is 7.32. The first-order chi connectivity index (χ1) is 14.6. The van der Waals surface area contributed by atoms with Gasteiger partial charge in [0.25, 0.3) is 5.89 Å². The molecule has 1 unspecified atom stereocenters. The molecule has 4 heterocycles. The lowest BCUT2D eigenvalue weighted by molar-refractivity contribution is -0.134. The van der Waals surface area contributed by atoms with Gasteiger partial charge in [0.2, 0.25) is 5.91 Å². The Balaban J connectivity index is 1.39. The fraction of sp³-hybridized carbons (Fsp3) is 0.500. The van der Waals surface area contributed by atoms with Crippen LogP contribution in [0.5, 0.6) is 0 Å². The van der Waals surface area contributed by atoms with Crippen molar-refractivity contribution in [1.82, 2.24) is 29.8 Å². The maximum absolute atomic E-state index is 13.0. The highest BCUT2D eigenvalue weighted by molar-refractivity contribution is 5.76. The van der Waals surface area contributed by atoms with Crippen molar-refractivity contribution < 1.29 is 9.32 Å². The van der Waals surface area contributed by atoms with Crippen molar-refractivity contribution in [2.75, 3.05) is 13.1 Å². The summed E-state index contributed by atoms with van der Waals surface area (Å²) in [4.78, 5) is 23.9. The van der Waals surface area contributed by atoms with Gasteiger partial charge < -0.3 is 9.42 Å². The molecule has 30 heavy (non-hydrogen) atoms. The van der Waals surface area contributed by atoms with Crippen molar-refractivity contribution in [1.29, 1.82) is 0 Å². The molecule has 0 N–H and O–H groups in total. The molecule has 3 aromatic heterocycles. The van der Waals surface area contributed by atoms with Crippen LogP contribution in [0, 0.1) is 12.8 Å². The van der Waals surface area contributed by atoms with Gasteiger partial charge in [-0.1, -0.05) is 18.0 Å². The van der Waals surface area contributed by atoms with Crippen molar-refractivity contribution in [3.63, 3.8) is 0 Å². The van der Waals surface area contributed by atoms with Gasteiger partial charge in [0.15, 0.2) is 5.82 Å². The molecule has 2 aliphatic rings. The van der Waals surface area contributed by atoms with Gasteiger partial charge in [-0.2, -0.15) is 10.1 Å². The number of carbonyl (C=O) groups excluding carboxylic acids is 1. The summed E-state index contributed by atoms with van der Waals surface area (Å²) in [7, 11) is 0. The molecule has 0 aromatic carbocycles. The van der Waals surface area contributed by atoms with Gasteiger partial charge >= 0.3 is 0 Å². The Bertz CT molecular complexity index is 1030. The molecule has 5 rings (SSSR count). The summed E-state index contributed by atoms with van der Waals surface area (Å²) in [5.41, 5.74) is 1.62. The molecule has 3 aromatic rings. The number of aryl methyl sites for hydroxylation is 1. The summed E-state index contributed by atoms with van der Waals surface area (Å²) >= 11 is 0. The summed E-state index contributed by atoms with van der Waals surface area (Å²) in [6.45, 7) is 3.64. The zero-order valence-corrected chi connectivity index (χ0v) is 17.2. The fourth-order valence-electron chi connectivity index (χ4n) is 4.50. The number of carbonyl (C=O) groups is 1. The molecular weight excluding hydrogens is 380 g/mol. The van der Waals surface area contributed by atoms with Gasteiger partial charge in [0, 0.05) is 31.7 Å². The molecule has 1 atom stereocenters. The molecule has 8 nitrogen and oxygen atoms in total. The highest BCUT2D eigenvalue weighted by Crippen LogP contribution is 2.45. The molecule has 2 fully saturated rings. The minimum Gasteiger partial charge on any atom is -0.340 e. The van der Waals surface area contributed by atoms with E-state index in [1.807, 2.05) is 30.2 Å². The van der Waals surface area contributed by atoms with Crippen molar-refractivity contribution in [2.24, 2.45) is 5.92 Å². The Labute approximate surface area is 175 Å². The Kier molecular flexibility index (Phi) is 4.84. The van der Waals surface area contributed by atoms with Crippen LogP contribution in [-0.2, 0) is 16.8 Å². The van der Waals surface area contributed by atoms with E-state index in [4.69, 9.17) is 9.51 Å². The zero-order chi connectivity index (χ0) is 20.6. The van der Waals surface area contributed by atoms with Crippen LogP contribution in [0.2, 0.25) is 0 Å². The average molecular weight is 406 g/mol. The highest BCUT2D eigenvalue weighted by Gasteiger charge is 2.45. The van der Waals surface area contributed by atoms with E-state index in [1.165, 1.54) is 12.8 Å². The number of amides is 1. The lowest BCUT2D eigenvalue weighted by Gasteiger charge is -2.41. The first-order valence-electron chi connectivity index (χ1n) is 10.6. The molecule has 1 aliphatic heterocycles. The quantitative estimate of drug-likeness (QED) is 0.625. The number of nitrogens with zero attached hydrogens (tertiary/aromatic N) is 6. The van der Waals surface area contributed by atoms with Gasteiger partial charge in [-0.15, -0.1) is 0 Å². The van der Waals surface area contributed by atoms with E-state index in [0.717, 1.165) is 42.8 Å². The van der Waals surface area contributed by atoms with Gasteiger partial charge in [0.05, 0.1) is 17.2 Å². The lowest BCUT2D eigenvalue weighted by Crippen LogP contribution is -2.50. The highest BCUT2D eigenvalue weighted by atomic mass is 16.5. The Morgan fingerprint density at radius 3 is 2.97 bits per heavy atom. The van der Waals surface area contributed by atoms with Gasteiger partial charge in [-0.05, 0) is 49.8 Å². The lowest BCUT2D eigenvalue weighted by atomic mass is 9.75. The molecule has 1 saturated heterocycles. The first-order valence-corrected chi connectivity index (χ1v) is 10.6. The largest absolute Gasteiger partial charge is 0.340 e. The predicted molar refractivity (Wildman–Crippen MR) is 109 cm³/mol. The number of rotatable bonds is 6. The number of hydrogen-bond acceptors (Lipinski definition) is 6. The van der Waals surface area contributed by atoms with E-state index in [-0.39, 0.29) is 17.9 Å². The number of likely N-dealkylation sites (tertiary alicyclic amines) is 1. The predicted octanol–water partition coefficient (Wildman–Crippen LogP) is 3.00. The van der Waals surface area contributed by atoms with Crippen LogP contribution in [-0.4, -0.2) is 48.8 Å². The number of hydrogen-bond donors (Lipinski definition) is 0. The molecule has 1 aliphatic carbocycles. The monoisotopic (exact) mass is 406 g/mol. The Morgan fingerprint density at radius 2 is 2.23 bits per heavy atom. The summed E-state index contributed by atoms with van der Waals surface area (Å²) in [5, 5.41) is 8.64. The van der Waals surface area contributed by atoms with Crippen LogP contribution < -0.4 is 0 Å². The second-order valence-corrected chi connectivity index (χ2v) is 8.73. The fourth-order valence-corrected chi connectivity index (χ4v) is 4.50. The standard InChI is InChI=1S/C22H26N6O2/c1-16-11-24-28(13-16)14-19(29)27-9-3-7-22(15-27,10-17-5-6-17)21-25-20(30-26-21)18-4-2-8-23-12-18/h2,4,8,11-13,17H,3,5-7,9-10,14-15H2,1H3. The molecule has 8 heteroatoms. The maximum atomic E-state index is 13.0. The van der Waals surface area contributed by atoms with Crippen molar-refractivity contribution >= 4 is 5.91 Å². The number of pyridine rings is 1. The molecule has 0 spiro atoms. The molecule has 1 saturated carbocycles. The zero-order valence-electron chi connectivity index (χ0n) is 17.2. The van der Waals surface area contributed by atoms with Crippen LogP contribution >= 0.6 is 0 Å². The normalized spacial score (nSPS) is 21.7.